The standard InChI is InChI=1S/C67H45N3S/c1-67(2)57-29-12-9-23-50(57)51-37-35-46(41-58(51)67)68(44-19-5-3-6-20-44)47-38-43(39-48(40-47)69(45-21-7-4-8-22-45)61-32-17-28-55-53-25-11-14-33-62(53)71-66(55)61)49-26-16-31-60-64(49)56-36-34-42-18-15-27-54-52-24-10-13-30-59(52)70(60)65(56)63(42)54/h3-41H,1-2H3. The van der Waals surface area contributed by atoms with Crippen molar-refractivity contribution in [2.75, 3.05) is 9.80 Å². The van der Waals surface area contributed by atoms with Crippen molar-refractivity contribution >= 4 is 115 Å². The van der Waals surface area contributed by atoms with Gasteiger partial charge >= 0.3 is 0 Å². The highest BCUT2D eigenvalue weighted by atomic mass is 32.1. The molecule has 71 heavy (non-hydrogen) atoms. The Morgan fingerprint density at radius 2 is 1.01 bits per heavy atom. The van der Waals surface area contributed by atoms with Crippen LogP contribution in [0.3, 0.4) is 0 Å². The van der Waals surface area contributed by atoms with E-state index >= 15 is 0 Å². The molecule has 11 aromatic carbocycles. The lowest BCUT2D eigenvalue weighted by Crippen LogP contribution is -2.17. The van der Waals surface area contributed by atoms with E-state index in [1.165, 1.54) is 96.9 Å². The molecule has 0 N–H and O–H groups in total. The van der Waals surface area contributed by atoms with Gasteiger partial charge in [-0.1, -0.05) is 172 Å². The highest BCUT2D eigenvalue weighted by Gasteiger charge is 2.36. The van der Waals surface area contributed by atoms with Crippen molar-refractivity contribution < 1.29 is 0 Å². The Morgan fingerprint density at radius 1 is 0.380 bits per heavy atom. The van der Waals surface area contributed by atoms with Crippen molar-refractivity contribution in [3.63, 3.8) is 0 Å². The molecule has 0 radical (unpaired) electrons. The zero-order valence-corrected chi connectivity index (χ0v) is 40.1. The number of anilines is 6. The number of nitrogens with zero attached hydrogens (tertiary/aromatic N) is 3. The van der Waals surface area contributed by atoms with Gasteiger partial charge in [-0.2, -0.15) is 0 Å². The van der Waals surface area contributed by atoms with Crippen molar-refractivity contribution in [2.45, 2.75) is 19.3 Å². The fourth-order valence-corrected chi connectivity index (χ4v) is 13.5. The Kier molecular flexibility index (Phi) is 8.58. The van der Waals surface area contributed by atoms with Crippen molar-refractivity contribution in [1.82, 2.24) is 4.40 Å². The second kappa shape index (κ2) is 15.1. The van der Waals surface area contributed by atoms with E-state index in [0.29, 0.717) is 0 Å². The number of para-hydroxylation sites is 3. The fraction of sp³-hybridized carbons (Fsp3) is 0.0448. The van der Waals surface area contributed by atoms with Crippen LogP contribution < -0.4 is 9.80 Å². The molecule has 0 saturated carbocycles. The first-order chi connectivity index (χ1) is 35.0. The van der Waals surface area contributed by atoms with Gasteiger partial charge in [0, 0.05) is 70.9 Å². The minimum atomic E-state index is -0.166. The number of thiophene rings is 1. The summed E-state index contributed by atoms with van der Waals surface area (Å²) in [4.78, 5) is 4.97. The van der Waals surface area contributed by atoms with Gasteiger partial charge in [0.05, 0.1) is 26.9 Å². The van der Waals surface area contributed by atoms with Gasteiger partial charge in [-0.15, -0.1) is 11.3 Å². The van der Waals surface area contributed by atoms with Crippen LogP contribution in [0.4, 0.5) is 34.1 Å². The minimum Gasteiger partial charge on any atom is -0.310 e. The quantitative estimate of drug-likeness (QED) is 0.117. The van der Waals surface area contributed by atoms with Gasteiger partial charge in [-0.05, 0) is 123 Å². The van der Waals surface area contributed by atoms with Gasteiger partial charge < -0.3 is 14.2 Å². The van der Waals surface area contributed by atoms with Crippen LogP contribution in [0.5, 0.6) is 0 Å². The van der Waals surface area contributed by atoms with E-state index in [9.17, 15) is 0 Å². The van der Waals surface area contributed by atoms with E-state index < -0.39 is 0 Å². The Bertz CT molecular complexity index is 4430. The van der Waals surface area contributed by atoms with Gasteiger partial charge in [0.25, 0.3) is 0 Å². The third-order valence-electron chi connectivity index (χ3n) is 15.4. The molecule has 1 aliphatic rings. The average molecular weight is 924 g/mol. The largest absolute Gasteiger partial charge is 0.310 e. The summed E-state index contributed by atoms with van der Waals surface area (Å²) in [5, 5.41) is 10.2. The molecule has 14 aromatic rings. The Hall–Kier alpha value is -8.70. The minimum absolute atomic E-state index is 0.166. The predicted octanol–water partition coefficient (Wildman–Crippen LogP) is 19.3. The van der Waals surface area contributed by atoms with Gasteiger partial charge in [-0.3, -0.25) is 0 Å². The lowest BCUT2D eigenvalue weighted by atomic mass is 9.82. The van der Waals surface area contributed by atoms with Crippen molar-refractivity contribution in [1.29, 1.82) is 0 Å². The third kappa shape index (κ3) is 5.83. The molecule has 3 nitrogen and oxygen atoms in total. The van der Waals surface area contributed by atoms with E-state index in [1.807, 2.05) is 11.3 Å². The van der Waals surface area contributed by atoms with Crippen molar-refractivity contribution in [2.24, 2.45) is 0 Å². The summed E-state index contributed by atoms with van der Waals surface area (Å²) in [5.41, 5.74) is 17.8. The monoisotopic (exact) mass is 923 g/mol. The smallest absolute Gasteiger partial charge is 0.0640 e. The summed E-state index contributed by atoms with van der Waals surface area (Å²) >= 11 is 1.87. The van der Waals surface area contributed by atoms with Crippen LogP contribution in [-0.4, -0.2) is 4.40 Å². The number of rotatable bonds is 7. The summed E-state index contributed by atoms with van der Waals surface area (Å²) < 4.78 is 5.07. The first-order valence-electron chi connectivity index (χ1n) is 24.6. The van der Waals surface area contributed by atoms with Crippen molar-refractivity contribution in [3.05, 3.63) is 248 Å². The summed E-state index contributed by atoms with van der Waals surface area (Å²) in [6, 6.07) is 88.1. The second-order valence-corrected chi connectivity index (χ2v) is 20.7. The zero-order chi connectivity index (χ0) is 47.0. The number of fused-ring (bicyclic) bond motifs is 12. The zero-order valence-electron chi connectivity index (χ0n) is 39.3. The lowest BCUT2D eigenvalue weighted by Gasteiger charge is -2.31. The first kappa shape index (κ1) is 40.2. The SMILES string of the molecule is CC1(C)c2ccccc2-c2ccc(N(c3ccccc3)c3cc(-c4cccc5c4c4ccc6cccc7c8ccccc8n5c4c67)cc(N(c4ccccc4)c4cccc5c4sc4ccccc45)c3)cc21. The number of benzene rings is 11. The summed E-state index contributed by atoms with van der Waals surface area (Å²) in [5.74, 6) is 0. The topological polar surface area (TPSA) is 10.9 Å². The molecular weight excluding hydrogens is 879 g/mol. The number of hydrogen-bond acceptors (Lipinski definition) is 3. The van der Waals surface area contributed by atoms with Gasteiger partial charge in [0.15, 0.2) is 0 Å². The maximum absolute atomic E-state index is 2.53. The molecule has 3 aromatic heterocycles. The number of aromatic nitrogens is 1. The number of pyridine rings is 1. The molecule has 0 saturated heterocycles. The average Bonchev–Trinajstić information content (AvgIpc) is 4.06. The molecule has 0 atom stereocenters. The molecule has 15 rings (SSSR count). The van der Waals surface area contributed by atoms with Gasteiger partial charge in [-0.25, -0.2) is 0 Å². The van der Waals surface area contributed by atoms with Crippen LogP contribution in [0.1, 0.15) is 25.0 Å². The highest BCUT2D eigenvalue weighted by Crippen LogP contribution is 2.53. The fourth-order valence-electron chi connectivity index (χ4n) is 12.3. The van der Waals surface area contributed by atoms with Crippen LogP contribution in [0.15, 0.2) is 237 Å². The van der Waals surface area contributed by atoms with E-state index in [2.05, 4.69) is 265 Å². The maximum Gasteiger partial charge on any atom is 0.0640 e. The van der Waals surface area contributed by atoms with Crippen LogP contribution in [0, 0.1) is 0 Å². The molecule has 0 bridgehead atoms. The molecular formula is C67H45N3S. The van der Waals surface area contributed by atoms with Crippen LogP contribution in [-0.2, 0) is 5.41 Å². The summed E-state index contributed by atoms with van der Waals surface area (Å²) in [6.07, 6.45) is 0. The van der Waals surface area contributed by atoms with E-state index in [-0.39, 0.29) is 5.41 Å². The van der Waals surface area contributed by atoms with Gasteiger partial charge in [0.2, 0.25) is 0 Å². The molecule has 3 heterocycles. The second-order valence-electron chi connectivity index (χ2n) is 19.7. The van der Waals surface area contributed by atoms with E-state index in [4.69, 9.17) is 0 Å². The predicted molar refractivity (Wildman–Crippen MR) is 304 cm³/mol. The van der Waals surface area contributed by atoms with Crippen molar-refractivity contribution in [3.8, 4) is 22.3 Å². The van der Waals surface area contributed by atoms with Gasteiger partial charge in [0.1, 0.15) is 0 Å². The summed E-state index contributed by atoms with van der Waals surface area (Å²) in [6.45, 7) is 4.75. The van der Waals surface area contributed by atoms with Crippen LogP contribution in [0.2, 0.25) is 0 Å². The number of hydrogen-bond donors (Lipinski definition) is 0. The normalized spacial score (nSPS) is 13.0. The molecule has 0 fully saturated rings. The summed E-state index contributed by atoms with van der Waals surface area (Å²) in [7, 11) is 0. The molecule has 334 valence electrons. The van der Waals surface area contributed by atoms with Crippen LogP contribution >= 0.6 is 11.3 Å². The molecule has 1 aliphatic carbocycles. The molecule has 0 amide bonds. The molecule has 0 unspecified atom stereocenters. The third-order valence-corrected chi connectivity index (χ3v) is 16.6. The maximum atomic E-state index is 2.53. The molecule has 0 aliphatic heterocycles. The molecule has 0 spiro atoms. The lowest BCUT2D eigenvalue weighted by molar-refractivity contribution is 0.660. The first-order valence-corrected chi connectivity index (χ1v) is 25.4. The highest BCUT2D eigenvalue weighted by molar-refractivity contribution is 7.26. The Morgan fingerprint density at radius 3 is 1.86 bits per heavy atom. The Balaban J connectivity index is 1.05. The Labute approximate surface area is 415 Å². The van der Waals surface area contributed by atoms with E-state index in [1.54, 1.807) is 0 Å². The molecule has 4 heteroatoms. The van der Waals surface area contributed by atoms with Crippen LogP contribution in [0.25, 0.3) is 91.3 Å². The van der Waals surface area contributed by atoms with E-state index in [0.717, 1.165) is 39.7 Å².